The number of nitrogens with zero attached hydrogens (tertiary/aromatic N) is 2. The first-order valence-corrected chi connectivity index (χ1v) is 10.9. The maximum atomic E-state index is 12.0. The number of benzene rings is 2. The van der Waals surface area contributed by atoms with Gasteiger partial charge in [0.25, 0.3) is 0 Å². The maximum Gasteiger partial charge on any atom is 0.222 e. The van der Waals surface area contributed by atoms with E-state index in [1.807, 2.05) is 58.0 Å². The first-order chi connectivity index (χ1) is 14.4. The smallest absolute Gasteiger partial charge is 0.222 e. The van der Waals surface area contributed by atoms with E-state index in [4.69, 9.17) is 21.3 Å². The first-order valence-electron chi connectivity index (χ1n) is 10.5. The number of carbonyl (C=O) groups is 1. The summed E-state index contributed by atoms with van der Waals surface area (Å²) in [5.74, 6) is 1.74. The van der Waals surface area contributed by atoms with E-state index in [1.54, 1.807) is 0 Å². The van der Waals surface area contributed by atoms with Gasteiger partial charge in [-0.05, 0) is 62.1 Å². The van der Waals surface area contributed by atoms with Gasteiger partial charge >= 0.3 is 0 Å². The molecule has 3 rings (SSSR count). The molecule has 0 fully saturated rings. The Labute approximate surface area is 183 Å². The van der Waals surface area contributed by atoms with E-state index in [0.29, 0.717) is 13.2 Å². The highest BCUT2D eigenvalue weighted by Crippen LogP contribution is 2.26. The zero-order valence-electron chi connectivity index (χ0n) is 18.2. The lowest BCUT2D eigenvalue weighted by molar-refractivity contribution is -0.124. The van der Waals surface area contributed by atoms with Gasteiger partial charge in [-0.1, -0.05) is 37.6 Å². The highest BCUT2D eigenvalue weighted by Gasteiger charge is 2.13. The molecule has 0 aliphatic rings. The van der Waals surface area contributed by atoms with Crippen LogP contribution in [-0.4, -0.2) is 22.1 Å². The average Bonchev–Trinajstić information content (AvgIpc) is 3.07. The van der Waals surface area contributed by atoms with Crippen molar-refractivity contribution in [3.05, 3.63) is 58.4 Å². The topological polar surface area (TPSA) is 56.1 Å². The number of ether oxygens (including phenoxy) is 1. The summed E-state index contributed by atoms with van der Waals surface area (Å²) in [6.07, 6.45) is 1.88. The van der Waals surface area contributed by atoms with Crippen LogP contribution in [0, 0.1) is 19.8 Å². The molecule has 0 aliphatic heterocycles. The standard InChI is InChI=1S/C24H30ClN3O2/c1-16(2)24(29)26-15-22-27-20-9-5-6-10-21(20)28(22)11-7-8-12-30-19-13-17(3)23(25)18(4)14-19/h5-6,9-10,13-14,16H,7-8,11-12,15H2,1-4H3,(H,26,29). The number of hydrogen-bond donors (Lipinski definition) is 1. The second-order valence-electron chi connectivity index (χ2n) is 7.97. The monoisotopic (exact) mass is 427 g/mol. The third-order valence-electron chi connectivity index (χ3n) is 5.13. The highest BCUT2D eigenvalue weighted by molar-refractivity contribution is 6.32. The normalized spacial score (nSPS) is 11.3. The third-order valence-corrected chi connectivity index (χ3v) is 5.73. The zero-order chi connectivity index (χ0) is 21.7. The van der Waals surface area contributed by atoms with Gasteiger partial charge in [-0.15, -0.1) is 0 Å². The number of amides is 1. The van der Waals surface area contributed by atoms with Crippen molar-refractivity contribution in [2.24, 2.45) is 5.92 Å². The van der Waals surface area contributed by atoms with E-state index in [1.165, 1.54) is 0 Å². The van der Waals surface area contributed by atoms with Crippen molar-refractivity contribution >= 4 is 28.5 Å². The lowest BCUT2D eigenvalue weighted by atomic mass is 10.1. The van der Waals surface area contributed by atoms with E-state index in [2.05, 4.69) is 16.0 Å². The molecule has 0 saturated heterocycles. The van der Waals surface area contributed by atoms with Crippen molar-refractivity contribution in [1.82, 2.24) is 14.9 Å². The maximum absolute atomic E-state index is 12.0. The van der Waals surface area contributed by atoms with Crippen LogP contribution >= 0.6 is 11.6 Å². The predicted molar refractivity (Wildman–Crippen MR) is 122 cm³/mol. The fourth-order valence-corrected chi connectivity index (χ4v) is 3.54. The summed E-state index contributed by atoms with van der Waals surface area (Å²) >= 11 is 6.22. The van der Waals surface area contributed by atoms with Crippen molar-refractivity contribution in [3.63, 3.8) is 0 Å². The number of nitrogens with one attached hydrogen (secondary N) is 1. The lowest BCUT2D eigenvalue weighted by Crippen LogP contribution is -2.28. The summed E-state index contributed by atoms with van der Waals surface area (Å²) in [5.41, 5.74) is 4.11. The molecule has 3 aromatic rings. The largest absolute Gasteiger partial charge is 0.494 e. The van der Waals surface area contributed by atoms with Crippen LogP contribution < -0.4 is 10.1 Å². The number of aromatic nitrogens is 2. The van der Waals surface area contributed by atoms with E-state index in [0.717, 1.165) is 58.1 Å². The van der Waals surface area contributed by atoms with Crippen LogP contribution in [0.3, 0.4) is 0 Å². The minimum Gasteiger partial charge on any atom is -0.494 e. The van der Waals surface area contributed by atoms with Gasteiger partial charge in [0.15, 0.2) is 0 Å². The molecular formula is C24H30ClN3O2. The number of carbonyl (C=O) groups excluding carboxylic acids is 1. The van der Waals surface area contributed by atoms with Crippen molar-refractivity contribution in [2.45, 2.75) is 53.6 Å². The molecule has 1 heterocycles. The molecule has 0 saturated carbocycles. The van der Waals surface area contributed by atoms with Crippen LogP contribution in [0.5, 0.6) is 5.75 Å². The lowest BCUT2D eigenvalue weighted by Gasteiger charge is -2.12. The van der Waals surface area contributed by atoms with Gasteiger partial charge in [-0.25, -0.2) is 4.98 Å². The molecule has 160 valence electrons. The number of hydrogen-bond acceptors (Lipinski definition) is 3. The summed E-state index contributed by atoms with van der Waals surface area (Å²) in [7, 11) is 0. The van der Waals surface area contributed by atoms with Crippen molar-refractivity contribution < 1.29 is 9.53 Å². The molecule has 30 heavy (non-hydrogen) atoms. The van der Waals surface area contributed by atoms with Crippen LogP contribution in [-0.2, 0) is 17.9 Å². The predicted octanol–water partition coefficient (Wildman–Crippen LogP) is 5.44. The van der Waals surface area contributed by atoms with E-state index < -0.39 is 0 Å². The Hall–Kier alpha value is -2.53. The third kappa shape index (κ3) is 5.33. The Morgan fingerprint density at radius 3 is 2.57 bits per heavy atom. The van der Waals surface area contributed by atoms with E-state index in [9.17, 15) is 4.79 Å². The molecule has 0 bridgehead atoms. The van der Waals surface area contributed by atoms with Crippen molar-refractivity contribution in [3.8, 4) is 5.75 Å². The second kappa shape index (κ2) is 9.98. The van der Waals surface area contributed by atoms with Gasteiger partial charge in [0, 0.05) is 17.5 Å². The quantitative estimate of drug-likeness (QED) is 0.462. The zero-order valence-corrected chi connectivity index (χ0v) is 18.9. The molecule has 1 amide bonds. The Morgan fingerprint density at radius 2 is 1.87 bits per heavy atom. The Balaban J connectivity index is 1.59. The number of halogens is 1. The molecule has 0 atom stereocenters. The van der Waals surface area contributed by atoms with Crippen LogP contribution in [0.2, 0.25) is 5.02 Å². The number of imidazole rings is 1. The Bertz CT molecular complexity index is 1000. The van der Waals surface area contributed by atoms with E-state index in [-0.39, 0.29) is 11.8 Å². The van der Waals surface area contributed by atoms with E-state index >= 15 is 0 Å². The van der Waals surface area contributed by atoms with Gasteiger partial charge in [0.05, 0.1) is 24.2 Å². The average molecular weight is 428 g/mol. The molecule has 0 aliphatic carbocycles. The summed E-state index contributed by atoms with van der Waals surface area (Å²) in [5, 5.41) is 3.78. The van der Waals surface area contributed by atoms with Gasteiger partial charge in [0.1, 0.15) is 11.6 Å². The minimum absolute atomic E-state index is 0.0376. The fourth-order valence-electron chi connectivity index (χ4n) is 3.43. The van der Waals surface area contributed by atoms with Crippen LogP contribution in [0.1, 0.15) is 43.6 Å². The van der Waals surface area contributed by atoms with Crippen LogP contribution in [0.25, 0.3) is 11.0 Å². The van der Waals surface area contributed by atoms with Gasteiger partial charge in [0.2, 0.25) is 5.91 Å². The van der Waals surface area contributed by atoms with Crippen LogP contribution in [0.15, 0.2) is 36.4 Å². The van der Waals surface area contributed by atoms with Gasteiger partial charge in [-0.2, -0.15) is 0 Å². The number of fused-ring (bicyclic) bond motifs is 1. The SMILES string of the molecule is Cc1cc(OCCCCn2c(CNC(=O)C(C)C)nc3ccccc32)cc(C)c1Cl. The summed E-state index contributed by atoms with van der Waals surface area (Å²) in [6, 6.07) is 12.0. The number of aryl methyl sites for hydroxylation is 3. The molecule has 5 nitrogen and oxygen atoms in total. The number of unbranched alkanes of at least 4 members (excludes halogenated alkanes) is 1. The van der Waals surface area contributed by atoms with Crippen molar-refractivity contribution in [1.29, 1.82) is 0 Å². The number of para-hydroxylation sites is 2. The second-order valence-corrected chi connectivity index (χ2v) is 8.35. The Morgan fingerprint density at radius 1 is 1.17 bits per heavy atom. The molecular weight excluding hydrogens is 398 g/mol. The molecule has 0 unspecified atom stereocenters. The summed E-state index contributed by atoms with van der Waals surface area (Å²) in [4.78, 5) is 16.7. The molecule has 2 aromatic carbocycles. The van der Waals surface area contributed by atoms with Crippen molar-refractivity contribution in [2.75, 3.05) is 6.61 Å². The minimum atomic E-state index is -0.0416. The highest BCUT2D eigenvalue weighted by atomic mass is 35.5. The molecule has 1 aromatic heterocycles. The fraction of sp³-hybridized carbons (Fsp3) is 0.417. The molecule has 0 radical (unpaired) electrons. The summed E-state index contributed by atoms with van der Waals surface area (Å²) in [6.45, 7) is 9.68. The molecule has 1 N–H and O–H groups in total. The first kappa shape index (κ1) is 22.2. The van der Waals surface area contributed by atoms with Gasteiger partial charge in [-0.3, -0.25) is 4.79 Å². The van der Waals surface area contributed by atoms with Crippen LogP contribution in [0.4, 0.5) is 0 Å². The Kier molecular flexibility index (Phi) is 7.38. The molecule has 6 heteroatoms. The summed E-state index contributed by atoms with van der Waals surface area (Å²) < 4.78 is 8.13. The van der Waals surface area contributed by atoms with Gasteiger partial charge < -0.3 is 14.6 Å². The molecule has 0 spiro atoms. The number of rotatable bonds is 9.